The van der Waals surface area contributed by atoms with Gasteiger partial charge in [0.05, 0.1) is 35.9 Å². The molecule has 0 radical (unpaired) electrons. The van der Waals surface area contributed by atoms with Gasteiger partial charge in [0.1, 0.15) is 12.1 Å². The number of aryl methyl sites for hydroxylation is 1. The van der Waals surface area contributed by atoms with Gasteiger partial charge in [0.25, 0.3) is 0 Å². The van der Waals surface area contributed by atoms with Crippen LogP contribution in [0.5, 0.6) is 0 Å². The number of carbonyl (C=O) groups excluding carboxylic acids is 1. The predicted octanol–water partition coefficient (Wildman–Crippen LogP) is 3.42. The SMILES string of the molecule is CNC(=O)Cc1ccc2c(c1)ncn2-n1c(C)cnc(N(F)CCc2ccccc2F)c1=O.Cl.Cl. The van der Waals surface area contributed by atoms with Crippen LogP contribution in [0.1, 0.15) is 16.8 Å². The molecule has 0 fully saturated rings. The maximum Gasteiger partial charge on any atom is 0.315 e. The second-order valence-electron chi connectivity index (χ2n) is 7.53. The first-order valence-corrected chi connectivity index (χ1v) is 10.3. The van der Waals surface area contributed by atoms with E-state index in [0.29, 0.717) is 22.3 Å². The third kappa shape index (κ3) is 5.77. The third-order valence-electron chi connectivity index (χ3n) is 5.31. The number of halogens is 4. The van der Waals surface area contributed by atoms with Crippen molar-refractivity contribution in [1.82, 2.24) is 24.6 Å². The van der Waals surface area contributed by atoms with E-state index in [2.05, 4.69) is 15.3 Å². The van der Waals surface area contributed by atoms with Crippen LogP contribution in [-0.2, 0) is 17.6 Å². The standard InChI is InChI=1S/C23H22F2N6O2.2ClH/c1-15-13-27-22(29(25)10-9-17-5-3-4-6-18(17)24)23(33)31(15)30-14-28-19-11-16(7-8-20(19)30)12-21(32)26-2;;/h3-8,11,13-14H,9-10,12H2,1-2H3,(H,26,32);2*1H. The Kier molecular flexibility index (Phi) is 9.32. The Bertz CT molecular complexity index is 1390. The van der Waals surface area contributed by atoms with Crippen molar-refractivity contribution in [2.75, 3.05) is 18.7 Å². The summed E-state index contributed by atoms with van der Waals surface area (Å²) >= 11 is 0. The van der Waals surface area contributed by atoms with Gasteiger partial charge >= 0.3 is 5.56 Å². The third-order valence-corrected chi connectivity index (χ3v) is 5.31. The largest absolute Gasteiger partial charge is 0.359 e. The smallest absolute Gasteiger partial charge is 0.315 e. The van der Waals surface area contributed by atoms with Crippen molar-refractivity contribution in [2.45, 2.75) is 19.8 Å². The lowest BCUT2D eigenvalue weighted by Crippen LogP contribution is -2.34. The molecule has 35 heavy (non-hydrogen) atoms. The number of anilines is 1. The molecule has 0 spiro atoms. The molecule has 12 heteroatoms. The van der Waals surface area contributed by atoms with Gasteiger partial charge in [-0.05, 0) is 42.7 Å². The number of nitrogens with zero attached hydrogens (tertiary/aromatic N) is 5. The molecule has 0 saturated heterocycles. The van der Waals surface area contributed by atoms with Gasteiger partial charge in [0.15, 0.2) is 0 Å². The normalized spacial score (nSPS) is 10.4. The van der Waals surface area contributed by atoms with Crippen molar-refractivity contribution in [2.24, 2.45) is 0 Å². The van der Waals surface area contributed by atoms with Gasteiger partial charge < -0.3 is 5.32 Å². The van der Waals surface area contributed by atoms with Crippen LogP contribution in [0.15, 0.2) is 59.8 Å². The number of benzene rings is 2. The molecule has 0 unspecified atom stereocenters. The van der Waals surface area contributed by atoms with Crippen LogP contribution in [0, 0.1) is 12.7 Å². The Morgan fingerprint density at radius 2 is 1.89 bits per heavy atom. The van der Waals surface area contributed by atoms with Crippen molar-refractivity contribution in [1.29, 1.82) is 0 Å². The van der Waals surface area contributed by atoms with E-state index in [4.69, 9.17) is 0 Å². The second kappa shape index (κ2) is 11.8. The van der Waals surface area contributed by atoms with Gasteiger partial charge in [-0.25, -0.2) is 23.7 Å². The monoisotopic (exact) mass is 524 g/mol. The maximum atomic E-state index is 14.9. The van der Waals surface area contributed by atoms with Crippen LogP contribution in [0.2, 0.25) is 0 Å². The lowest BCUT2D eigenvalue weighted by Gasteiger charge is -2.17. The number of imidazole rings is 1. The summed E-state index contributed by atoms with van der Waals surface area (Å²) in [5, 5.41) is 2.80. The summed E-state index contributed by atoms with van der Waals surface area (Å²) in [5.41, 5.74) is 2.10. The van der Waals surface area contributed by atoms with E-state index < -0.39 is 17.2 Å². The average molecular weight is 525 g/mol. The van der Waals surface area contributed by atoms with Gasteiger partial charge in [-0.2, -0.15) is 5.12 Å². The highest BCUT2D eigenvalue weighted by Gasteiger charge is 2.18. The van der Waals surface area contributed by atoms with Crippen molar-refractivity contribution in [3.63, 3.8) is 0 Å². The van der Waals surface area contributed by atoms with Crippen molar-refractivity contribution < 1.29 is 13.7 Å². The lowest BCUT2D eigenvalue weighted by atomic mass is 10.1. The summed E-state index contributed by atoms with van der Waals surface area (Å²) < 4.78 is 31.5. The van der Waals surface area contributed by atoms with Gasteiger partial charge in [0, 0.05) is 7.05 Å². The molecular weight excluding hydrogens is 501 g/mol. The molecule has 2 aromatic heterocycles. The molecule has 1 amide bonds. The summed E-state index contributed by atoms with van der Waals surface area (Å²) in [4.78, 5) is 33.1. The fraction of sp³-hybridized carbons (Fsp3) is 0.217. The van der Waals surface area contributed by atoms with Gasteiger partial charge in [-0.1, -0.05) is 28.7 Å². The van der Waals surface area contributed by atoms with Crippen LogP contribution in [-0.4, -0.2) is 38.8 Å². The molecule has 1 N–H and O–H groups in total. The number of nitrogens with one attached hydrogen (secondary N) is 1. The second-order valence-corrected chi connectivity index (χ2v) is 7.53. The molecular formula is C23H24Cl2F2N6O2. The summed E-state index contributed by atoms with van der Waals surface area (Å²) in [6.45, 7) is 1.44. The number of rotatable bonds is 7. The Hall–Kier alpha value is -3.50. The van der Waals surface area contributed by atoms with E-state index >= 15 is 0 Å². The summed E-state index contributed by atoms with van der Waals surface area (Å²) in [6, 6.07) is 11.4. The van der Waals surface area contributed by atoms with Gasteiger partial charge in [-0.15, -0.1) is 24.8 Å². The van der Waals surface area contributed by atoms with E-state index in [1.165, 1.54) is 27.9 Å². The summed E-state index contributed by atoms with van der Waals surface area (Å²) in [5.74, 6) is -0.964. The minimum absolute atomic E-state index is 0. The van der Waals surface area contributed by atoms with Crippen LogP contribution in [0.4, 0.5) is 14.7 Å². The number of hydrogen-bond acceptors (Lipinski definition) is 5. The highest BCUT2D eigenvalue weighted by molar-refractivity contribution is 5.85. The van der Waals surface area contributed by atoms with Crippen molar-refractivity contribution >= 4 is 47.6 Å². The molecule has 4 rings (SSSR count). The van der Waals surface area contributed by atoms with E-state index in [-0.39, 0.29) is 55.2 Å². The minimum atomic E-state index is -0.681. The quantitative estimate of drug-likeness (QED) is 0.374. The Morgan fingerprint density at radius 3 is 2.60 bits per heavy atom. The fourth-order valence-corrected chi connectivity index (χ4v) is 3.57. The van der Waals surface area contributed by atoms with Gasteiger partial charge in [-0.3, -0.25) is 9.59 Å². The zero-order chi connectivity index (χ0) is 23.5. The van der Waals surface area contributed by atoms with Crippen LogP contribution in [0.3, 0.4) is 0 Å². The first kappa shape index (κ1) is 27.7. The average Bonchev–Trinajstić information content (AvgIpc) is 3.21. The molecule has 186 valence electrons. The number of amides is 1. The zero-order valence-corrected chi connectivity index (χ0v) is 20.6. The molecule has 0 saturated carbocycles. The summed E-state index contributed by atoms with van der Waals surface area (Å²) in [7, 11) is 1.57. The molecule has 0 bridgehead atoms. The number of carbonyl (C=O) groups is 1. The van der Waals surface area contributed by atoms with E-state index in [0.717, 1.165) is 5.56 Å². The van der Waals surface area contributed by atoms with E-state index in [1.807, 2.05) is 0 Å². The van der Waals surface area contributed by atoms with Crippen LogP contribution < -0.4 is 16.0 Å². The Morgan fingerprint density at radius 1 is 1.14 bits per heavy atom. The molecule has 0 aliphatic carbocycles. The molecule has 8 nitrogen and oxygen atoms in total. The molecule has 2 aromatic carbocycles. The number of fused-ring (bicyclic) bond motifs is 1. The van der Waals surface area contributed by atoms with E-state index in [1.54, 1.807) is 50.4 Å². The molecule has 4 aromatic rings. The van der Waals surface area contributed by atoms with Crippen molar-refractivity contribution in [3.8, 4) is 0 Å². The maximum absolute atomic E-state index is 14.9. The topological polar surface area (TPSA) is 85.1 Å². The highest BCUT2D eigenvalue weighted by atomic mass is 35.5. The highest BCUT2D eigenvalue weighted by Crippen LogP contribution is 2.17. The Balaban J connectivity index is 0.00000216. The van der Waals surface area contributed by atoms with Crippen molar-refractivity contribution in [3.05, 3.63) is 88.0 Å². The fourth-order valence-electron chi connectivity index (χ4n) is 3.57. The predicted molar refractivity (Wildman–Crippen MR) is 135 cm³/mol. The van der Waals surface area contributed by atoms with Gasteiger partial charge in [0.2, 0.25) is 11.7 Å². The molecule has 0 atom stereocenters. The number of aromatic nitrogens is 4. The zero-order valence-electron chi connectivity index (χ0n) is 18.9. The lowest BCUT2D eigenvalue weighted by molar-refractivity contribution is -0.119. The first-order valence-electron chi connectivity index (χ1n) is 10.3. The molecule has 0 aliphatic rings. The molecule has 0 aliphatic heterocycles. The Labute approximate surface area is 212 Å². The number of likely N-dealkylation sites (N-methyl/N-ethyl adjacent to an activating group) is 1. The summed E-state index contributed by atoms with van der Waals surface area (Å²) in [6.07, 6.45) is 3.11. The van der Waals surface area contributed by atoms with E-state index in [9.17, 15) is 18.5 Å². The first-order chi connectivity index (χ1) is 15.9. The minimum Gasteiger partial charge on any atom is -0.359 e. The van der Waals surface area contributed by atoms with Crippen LogP contribution in [0.25, 0.3) is 11.0 Å². The van der Waals surface area contributed by atoms with Crippen LogP contribution >= 0.6 is 24.8 Å². The molecule has 2 heterocycles. The number of hydrogen-bond donors (Lipinski definition) is 1.